The van der Waals surface area contributed by atoms with Crippen LogP contribution in [0.2, 0.25) is 0 Å². The third-order valence-electron chi connectivity index (χ3n) is 4.50. The lowest BCUT2D eigenvalue weighted by atomic mass is 10.0. The van der Waals surface area contributed by atoms with Gasteiger partial charge in [-0.15, -0.1) is 0 Å². The molecule has 0 amide bonds. The second-order valence-electron chi connectivity index (χ2n) is 6.67. The van der Waals surface area contributed by atoms with Gasteiger partial charge in [0.2, 0.25) is 0 Å². The van der Waals surface area contributed by atoms with Crippen molar-refractivity contribution in [2.75, 3.05) is 19.6 Å². The third kappa shape index (κ3) is 5.90. The van der Waals surface area contributed by atoms with E-state index < -0.39 is 5.60 Å². The van der Waals surface area contributed by atoms with Crippen LogP contribution in [0.1, 0.15) is 58.1 Å². The minimum Gasteiger partial charge on any atom is -0.466 e. The van der Waals surface area contributed by atoms with Crippen LogP contribution >= 0.6 is 0 Å². The molecule has 0 aromatic carbocycles. The summed E-state index contributed by atoms with van der Waals surface area (Å²) < 4.78 is 5.29. The van der Waals surface area contributed by atoms with Gasteiger partial charge in [0, 0.05) is 13.1 Å². The van der Waals surface area contributed by atoms with E-state index in [0.717, 1.165) is 25.0 Å². The van der Waals surface area contributed by atoms with E-state index in [-0.39, 0.29) is 6.54 Å². The van der Waals surface area contributed by atoms with Gasteiger partial charge in [-0.3, -0.25) is 0 Å². The van der Waals surface area contributed by atoms with Gasteiger partial charge in [-0.25, -0.2) is 4.99 Å². The van der Waals surface area contributed by atoms with Crippen molar-refractivity contribution in [3.8, 4) is 0 Å². The second kappa shape index (κ2) is 8.96. The Morgan fingerprint density at radius 1 is 1.39 bits per heavy atom. The lowest BCUT2D eigenvalue weighted by Crippen LogP contribution is -2.39. The van der Waals surface area contributed by atoms with Crippen molar-refractivity contribution >= 4 is 5.96 Å². The van der Waals surface area contributed by atoms with Crippen LogP contribution in [-0.4, -0.2) is 30.7 Å². The zero-order valence-corrected chi connectivity index (χ0v) is 14.5. The summed E-state index contributed by atoms with van der Waals surface area (Å²) in [6, 6.07) is 3.55. The summed E-state index contributed by atoms with van der Waals surface area (Å²) in [6.45, 7) is 5.75. The highest BCUT2D eigenvalue weighted by atomic mass is 16.4. The molecule has 0 spiro atoms. The van der Waals surface area contributed by atoms with E-state index in [0.29, 0.717) is 5.76 Å². The van der Waals surface area contributed by atoms with Crippen LogP contribution in [0.25, 0.3) is 0 Å². The Kier molecular flexibility index (Phi) is 6.96. The minimum atomic E-state index is -1.09. The molecule has 2 rings (SSSR count). The SMILES string of the molecule is CCNC(=NCC(C)(O)c1ccco1)NCCCC1CCCC1. The van der Waals surface area contributed by atoms with Gasteiger partial charge in [-0.2, -0.15) is 0 Å². The lowest BCUT2D eigenvalue weighted by Gasteiger charge is -2.19. The maximum atomic E-state index is 10.5. The second-order valence-corrected chi connectivity index (χ2v) is 6.67. The fraction of sp³-hybridized carbons (Fsp3) is 0.722. The van der Waals surface area contributed by atoms with Crippen LogP contribution in [0, 0.1) is 5.92 Å². The van der Waals surface area contributed by atoms with Gasteiger partial charge in [0.1, 0.15) is 11.4 Å². The van der Waals surface area contributed by atoms with Crippen LogP contribution < -0.4 is 10.6 Å². The Morgan fingerprint density at radius 2 is 2.17 bits per heavy atom. The number of hydrogen-bond donors (Lipinski definition) is 3. The van der Waals surface area contributed by atoms with Gasteiger partial charge in [0.15, 0.2) is 5.96 Å². The number of hydrogen-bond acceptors (Lipinski definition) is 3. The van der Waals surface area contributed by atoms with Crippen molar-refractivity contribution in [2.24, 2.45) is 10.9 Å². The molecule has 1 atom stereocenters. The van der Waals surface area contributed by atoms with E-state index in [2.05, 4.69) is 15.6 Å². The Hall–Kier alpha value is -1.49. The molecule has 0 aliphatic heterocycles. The molecule has 0 radical (unpaired) electrons. The van der Waals surface area contributed by atoms with Gasteiger partial charge < -0.3 is 20.2 Å². The van der Waals surface area contributed by atoms with Crippen molar-refractivity contribution in [2.45, 2.75) is 58.0 Å². The molecule has 1 aliphatic rings. The van der Waals surface area contributed by atoms with E-state index in [1.54, 1.807) is 25.3 Å². The minimum absolute atomic E-state index is 0.262. The molecule has 1 fully saturated rings. The molecular weight excluding hydrogens is 290 g/mol. The normalized spacial score (nSPS) is 18.8. The molecule has 5 heteroatoms. The van der Waals surface area contributed by atoms with E-state index in [1.165, 1.54) is 38.5 Å². The van der Waals surface area contributed by atoms with Crippen LogP contribution in [0.4, 0.5) is 0 Å². The van der Waals surface area contributed by atoms with Crippen LogP contribution in [0.3, 0.4) is 0 Å². The summed E-state index contributed by atoms with van der Waals surface area (Å²) in [7, 11) is 0. The van der Waals surface area contributed by atoms with E-state index >= 15 is 0 Å². The number of furan rings is 1. The average Bonchev–Trinajstić information content (AvgIpc) is 3.22. The topological polar surface area (TPSA) is 69.8 Å². The van der Waals surface area contributed by atoms with Crippen LogP contribution in [0.5, 0.6) is 0 Å². The number of guanidine groups is 1. The summed E-state index contributed by atoms with van der Waals surface area (Å²) in [6.07, 6.45) is 9.66. The van der Waals surface area contributed by atoms with Gasteiger partial charge in [-0.05, 0) is 44.7 Å². The quantitative estimate of drug-likeness (QED) is 0.391. The Labute approximate surface area is 139 Å². The smallest absolute Gasteiger partial charge is 0.191 e. The molecule has 3 N–H and O–H groups in total. The van der Waals surface area contributed by atoms with Crippen molar-refractivity contribution < 1.29 is 9.52 Å². The monoisotopic (exact) mass is 321 g/mol. The summed E-state index contributed by atoms with van der Waals surface area (Å²) in [5.41, 5.74) is -1.09. The number of rotatable bonds is 8. The first-order chi connectivity index (χ1) is 11.1. The Morgan fingerprint density at radius 3 is 2.83 bits per heavy atom. The van der Waals surface area contributed by atoms with Gasteiger partial charge in [-0.1, -0.05) is 25.7 Å². The summed E-state index contributed by atoms with van der Waals surface area (Å²) in [4.78, 5) is 4.49. The number of aliphatic imine (C=N–C) groups is 1. The predicted octanol–water partition coefficient (Wildman–Crippen LogP) is 3.01. The van der Waals surface area contributed by atoms with E-state index in [4.69, 9.17) is 4.42 Å². The fourth-order valence-corrected chi connectivity index (χ4v) is 3.13. The maximum absolute atomic E-state index is 10.5. The molecule has 1 aliphatic carbocycles. The Bertz CT molecular complexity index is 463. The molecule has 1 saturated carbocycles. The highest BCUT2D eigenvalue weighted by Gasteiger charge is 2.26. The standard InChI is InChI=1S/C18H31N3O2/c1-3-19-17(20-12-6-10-15-8-4-5-9-15)21-14-18(2,22)16-11-7-13-23-16/h7,11,13,15,22H,3-6,8-10,12,14H2,1-2H3,(H2,19,20,21). The molecule has 23 heavy (non-hydrogen) atoms. The maximum Gasteiger partial charge on any atom is 0.191 e. The zero-order chi connectivity index (χ0) is 16.5. The molecule has 130 valence electrons. The molecule has 0 bridgehead atoms. The van der Waals surface area contributed by atoms with Crippen molar-refractivity contribution in [3.05, 3.63) is 24.2 Å². The average molecular weight is 321 g/mol. The largest absolute Gasteiger partial charge is 0.466 e. The zero-order valence-electron chi connectivity index (χ0n) is 14.5. The first-order valence-corrected chi connectivity index (χ1v) is 8.90. The molecular formula is C18H31N3O2. The van der Waals surface area contributed by atoms with Crippen molar-refractivity contribution in [1.82, 2.24) is 10.6 Å². The van der Waals surface area contributed by atoms with Crippen LogP contribution in [-0.2, 0) is 5.60 Å². The number of nitrogens with zero attached hydrogens (tertiary/aromatic N) is 1. The molecule has 1 heterocycles. The highest BCUT2D eigenvalue weighted by Crippen LogP contribution is 2.28. The van der Waals surface area contributed by atoms with E-state index in [9.17, 15) is 5.11 Å². The van der Waals surface area contributed by atoms with Crippen LogP contribution in [0.15, 0.2) is 27.8 Å². The number of nitrogens with one attached hydrogen (secondary N) is 2. The summed E-state index contributed by atoms with van der Waals surface area (Å²) in [5, 5.41) is 17.0. The van der Waals surface area contributed by atoms with Crippen molar-refractivity contribution in [3.63, 3.8) is 0 Å². The van der Waals surface area contributed by atoms with Gasteiger partial charge in [0.05, 0.1) is 12.8 Å². The molecule has 0 saturated heterocycles. The first-order valence-electron chi connectivity index (χ1n) is 8.90. The first kappa shape index (κ1) is 17.9. The van der Waals surface area contributed by atoms with Gasteiger partial charge >= 0.3 is 0 Å². The third-order valence-corrected chi connectivity index (χ3v) is 4.50. The lowest BCUT2D eigenvalue weighted by molar-refractivity contribution is 0.0437. The number of aliphatic hydroxyl groups is 1. The highest BCUT2D eigenvalue weighted by molar-refractivity contribution is 5.79. The predicted molar refractivity (Wildman–Crippen MR) is 93.5 cm³/mol. The molecule has 1 unspecified atom stereocenters. The van der Waals surface area contributed by atoms with E-state index in [1.807, 2.05) is 6.92 Å². The Balaban J connectivity index is 1.77. The van der Waals surface area contributed by atoms with Gasteiger partial charge in [0.25, 0.3) is 0 Å². The van der Waals surface area contributed by atoms with Crippen molar-refractivity contribution in [1.29, 1.82) is 0 Å². The fourth-order valence-electron chi connectivity index (χ4n) is 3.13. The molecule has 5 nitrogen and oxygen atoms in total. The summed E-state index contributed by atoms with van der Waals surface area (Å²) >= 11 is 0. The molecule has 1 aromatic heterocycles. The molecule has 1 aromatic rings. The summed E-state index contributed by atoms with van der Waals surface area (Å²) in [5.74, 6) is 2.22.